The largest absolute Gasteiger partial charge is 0.459 e. The molecular weight excluding hydrogens is 890 g/mol. The highest BCUT2D eigenvalue weighted by molar-refractivity contribution is 6.15. The predicted octanol–water partition coefficient (Wildman–Crippen LogP) is 9.62. The number of rotatable bonds is 6. The number of alkyl halides is 14. The van der Waals surface area contributed by atoms with Gasteiger partial charge >= 0.3 is 36.0 Å². The van der Waals surface area contributed by atoms with Crippen molar-refractivity contribution in [3.05, 3.63) is 149 Å². The van der Waals surface area contributed by atoms with Gasteiger partial charge in [-0.15, -0.1) is 0 Å². The van der Waals surface area contributed by atoms with Crippen LogP contribution in [0.1, 0.15) is 22.3 Å². The minimum atomic E-state index is -6.82. The molecule has 64 heavy (non-hydrogen) atoms. The highest BCUT2D eigenvalue weighted by atomic mass is 19.4. The molecule has 0 radical (unpaired) electrons. The average molecular weight is 915 g/mol. The second-order valence-corrected chi connectivity index (χ2v) is 14.1. The average Bonchev–Trinajstić information content (AvgIpc) is 3.57. The first-order valence-corrected chi connectivity index (χ1v) is 17.8. The summed E-state index contributed by atoms with van der Waals surface area (Å²) in [6.07, 6.45) is -13.6. The Morgan fingerprint density at radius 2 is 0.656 bits per heavy atom. The molecule has 7 rings (SSSR count). The van der Waals surface area contributed by atoms with Gasteiger partial charge in [0, 0.05) is 21.5 Å². The van der Waals surface area contributed by atoms with Gasteiger partial charge in [0.05, 0.1) is 45.8 Å². The Labute approximate surface area is 347 Å². The van der Waals surface area contributed by atoms with Gasteiger partial charge < -0.3 is 0 Å². The van der Waals surface area contributed by atoms with E-state index in [9.17, 15) is 91.2 Å². The summed E-state index contributed by atoms with van der Waals surface area (Å²) in [7, 11) is 0. The van der Waals surface area contributed by atoms with Crippen LogP contribution in [0, 0.1) is 36.5 Å². The molecule has 0 amide bonds. The second-order valence-electron chi connectivity index (χ2n) is 14.1. The molecule has 0 unspecified atom stereocenters. The first-order valence-electron chi connectivity index (χ1n) is 17.8. The summed E-state index contributed by atoms with van der Waals surface area (Å²) in [6.45, 7) is -1.39. The maximum Gasteiger partial charge on any atom is 0.459 e. The normalized spacial score (nSPS) is 12.7. The molecule has 2 aromatic heterocycles. The third-order valence-electron chi connectivity index (χ3n) is 9.74. The fourth-order valence-electron chi connectivity index (χ4n) is 6.40. The molecule has 0 fully saturated rings. The molecule has 0 bridgehead atoms. The lowest BCUT2D eigenvalue weighted by molar-refractivity contribution is -0.357. The molecule has 7 aromatic rings. The van der Waals surface area contributed by atoms with Crippen molar-refractivity contribution in [2.45, 2.75) is 63.0 Å². The lowest BCUT2D eigenvalue weighted by atomic mass is 9.90. The molecule has 0 atom stereocenters. The van der Waals surface area contributed by atoms with Gasteiger partial charge in [0.15, 0.2) is 0 Å². The Bertz CT molecular complexity index is 2890. The molecule has 0 aliphatic rings. The minimum Gasteiger partial charge on any atom is -0.269 e. The van der Waals surface area contributed by atoms with Gasteiger partial charge in [-0.3, -0.25) is 28.3 Å². The third-order valence-corrected chi connectivity index (χ3v) is 9.74. The van der Waals surface area contributed by atoms with E-state index in [1.54, 1.807) is 12.1 Å². The van der Waals surface area contributed by atoms with Gasteiger partial charge in [0.1, 0.15) is 12.1 Å². The van der Waals surface area contributed by atoms with Crippen LogP contribution in [-0.2, 0) is 13.1 Å². The van der Waals surface area contributed by atoms with Crippen molar-refractivity contribution in [3.63, 3.8) is 0 Å². The fourth-order valence-corrected chi connectivity index (χ4v) is 6.40. The van der Waals surface area contributed by atoms with Crippen LogP contribution in [0.15, 0.2) is 104 Å². The highest BCUT2D eigenvalue weighted by Gasteiger charge is 2.74. The Balaban J connectivity index is 0.000000465. The van der Waals surface area contributed by atoms with Crippen molar-refractivity contribution in [2.75, 3.05) is 0 Å². The maximum absolute atomic E-state index is 14.1. The van der Waals surface area contributed by atoms with Crippen LogP contribution in [-0.4, -0.2) is 45.2 Å². The summed E-state index contributed by atoms with van der Waals surface area (Å²) in [6, 6.07) is 26.0. The molecule has 334 valence electrons. The molecule has 0 spiro atoms. The molecule has 0 N–H and O–H groups in total. The van der Waals surface area contributed by atoms with Crippen LogP contribution in [0.3, 0.4) is 0 Å². The molecule has 5 aromatic carbocycles. The van der Waals surface area contributed by atoms with E-state index >= 15 is 0 Å². The van der Waals surface area contributed by atoms with Crippen LogP contribution in [0.2, 0.25) is 0 Å². The number of nitriles is 2. The Morgan fingerprint density at radius 1 is 0.422 bits per heavy atom. The van der Waals surface area contributed by atoms with Crippen LogP contribution in [0.25, 0.3) is 43.1 Å². The summed E-state index contributed by atoms with van der Waals surface area (Å²) in [4.78, 5) is 51.5. The van der Waals surface area contributed by atoms with Gasteiger partial charge in [-0.1, -0.05) is 71.8 Å². The molecule has 22 heteroatoms. The summed E-state index contributed by atoms with van der Waals surface area (Å²) in [5, 5.41) is 14.1. The maximum atomic E-state index is 14.1. The van der Waals surface area contributed by atoms with Crippen LogP contribution >= 0.6 is 0 Å². The topological polar surface area (TPSA) is 126 Å². The van der Waals surface area contributed by atoms with E-state index in [2.05, 4.69) is 38.1 Å². The molecule has 8 nitrogen and oxygen atoms in total. The number of halogens is 14. The number of hydrogen-bond acceptors (Lipinski definition) is 6. The fraction of sp³-hybridized carbons (Fsp3) is 0.238. The molecule has 2 heterocycles. The van der Waals surface area contributed by atoms with Gasteiger partial charge in [0.2, 0.25) is 0 Å². The number of benzene rings is 5. The van der Waals surface area contributed by atoms with E-state index in [0.29, 0.717) is 24.3 Å². The van der Waals surface area contributed by atoms with E-state index in [-0.39, 0.29) is 0 Å². The van der Waals surface area contributed by atoms with Crippen molar-refractivity contribution in [1.82, 2.24) is 9.13 Å². The lowest BCUT2D eigenvalue weighted by Crippen LogP contribution is -2.55. The summed E-state index contributed by atoms with van der Waals surface area (Å²) in [5.74, 6) is -25.6. The molecular formula is C42H24F14N4O4. The van der Waals surface area contributed by atoms with Gasteiger partial charge in [-0.25, -0.2) is 0 Å². The first-order chi connectivity index (χ1) is 29.5. The zero-order chi connectivity index (χ0) is 48.1. The van der Waals surface area contributed by atoms with Crippen LogP contribution in [0.4, 0.5) is 61.5 Å². The lowest BCUT2D eigenvalue weighted by Gasteiger charge is -2.27. The highest BCUT2D eigenvalue weighted by Crippen LogP contribution is 2.48. The number of hydrogen-bond donors (Lipinski definition) is 0. The SMILES string of the molecule is Cc1ccccc1.Cc1ccccc1.N#Cc1c2cc3c(=O)n(CC(F)(F)C(F)(F)C(F)(F)F)c(=O)c3cc2c(C#N)c2cc3c(=O)n(CC(F)(F)C(F)(F)C(F)(F)F)c(=O)c3cc12. The van der Waals surface area contributed by atoms with Crippen molar-refractivity contribution < 1.29 is 61.5 Å². The molecule has 0 aliphatic carbocycles. The monoisotopic (exact) mass is 914 g/mol. The standard InChI is InChI=1S/C28H8F14N4O4.2C7H8/c29-23(30,25(33,34)27(37,38)39)7-45-19(47)13-1-9-10(2-14(13)20(45)48)18(6-44)12-4-16-15(3-11(12)17(9)5-43)21(49)46(22(16)50)8-24(31,32)26(35,36)28(40,41)42;2*1-7-5-3-2-4-6-7/h1-4H,7-8H2;2*2-6H,1H3. The Kier molecular flexibility index (Phi) is 12.4. The van der Waals surface area contributed by atoms with E-state index < -0.39 is 135 Å². The zero-order valence-corrected chi connectivity index (χ0v) is 32.2. The first kappa shape index (κ1) is 47.9. The van der Waals surface area contributed by atoms with Crippen molar-refractivity contribution in [3.8, 4) is 12.1 Å². The zero-order valence-electron chi connectivity index (χ0n) is 32.2. The molecule has 0 saturated carbocycles. The number of aromatic nitrogens is 2. The Hall–Kier alpha value is -7.10. The molecule has 0 saturated heterocycles. The van der Waals surface area contributed by atoms with Crippen molar-refractivity contribution in [1.29, 1.82) is 10.5 Å². The smallest absolute Gasteiger partial charge is 0.269 e. The van der Waals surface area contributed by atoms with Crippen molar-refractivity contribution >= 4 is 43.1 Å². The second kappa shape index (κ2) is 16.5. The predicted molar refractivity (Wildman–Crippen MR) is 204 cm³/mol. The minimum absolute atomic E-state index is 0.518. The van der Waals surface area contributed by atoms with E-state index in [1.807, 2.05) is 36.4 Å². The summed E-state index contributed by atoms with van der Waals surface area (Å²) >= 11 is 0. The third kappa shape index (κ3) is 8.27. The number of nitrogens with zero attached hydrogens (tertiary/aromatic N) is 4. The quantitative estimate of drug-likeness (QED) is 0.121. The number of fused-ring (bicyclic) bond motifs is 4. The van der Waals surface area contributed by atoms with Gasteiger partial charge in [-0.05, 0) is 38.1 Å². The van der Waals surface area contributed by atoms with Crippen molar-refractivity contribution in [2.24, 2.45) is 0 Å². The van der Waals surface area contributed by atoms with Gasteiger partial charge in [0.25, 0.3) is 22.2 Å². The molecule has 0 aliphatic heterocycles. The van der Waals surface area contributed by atoms with Gasteiger partial charge in [-0.2, -0.15) is 72.0 Å². The Morgan fingerprint density at radius 3 is 0.828 bits per heavy atom. The summed E-state index contributed by atoms with van der Waals surface area (Å²) < 4.78 is 185. The van der Waals surface area contributed by atoms with E-state index in [1.165, 1.54) is 11.1 Å². The number of aryl methyl sites for hydroxylation is 2. The van der Waals surface area contributed by atoms with Crippen LogP contribution in [0.5, 0.6) is 0 Å². The van der Waals surface area contributed by atoms with Crippen LogP contribution < -0.4 is 22.2 Å². The summed E-state index contributed by atoms with van der Waals surface area (Å²) in [5.41, 5.74) is -6.05. The van der Waals surface area contributed by atoms with E-state index in [4.69, 9.17) is 0 Å². The van der Waals surface area contributed by atoms with E-state index in [0.717, 1.165) is 0 Å².